The average Bonchev–Trinajstić information content (AvgIpc) is 2.64. The van der Waals surface area contributed by atoms with Gasteiger partial charge in [-0.15, -0.1) is 0 Å². The predicted molar refractivity (Wildman–Crippen MR) is 102 cm³/mol. The van der Waals surface area contributed by atoms with E-state index in [9.17, 15) is 31.1 Å². The summed E-state index contributed by atoms with van der Waals surface area (Å²) in [5, 5.41) is -0.411. The molecule has 0 amide bonds. The summed E-state index contributed by atoms with van der Waals surface area (Å²) in [7, 11) is 0. The second-order valence-electron chi connectivity index (χ2n) is 7.39. The molecule has 0 aliphatic carbocycles. The minimum atomic E-state index is -4.86. The zero-order valence-corrected chi connectivity index (χ0v) is 16.1. The topological polar surface area (TPSA) is 45.3 Å². The molecule has 1 aliphatic rings. The fraction of sp³-hybridized carbons (Fsp3) is 0.286. The van der Waals surface area contributed by atoms with E-state index >= 15 is 0 Å². The van der Waals surface area contributed by atoms with Gasteiger partial charge < -0.3 is 14.6 Å². The minimum absolute atomic E-state index is 0.0318. The number of hydrogen-bond donors (Lipinski definition) is 1. The van der Waals surface area contributed by atoms with E-state index < -0.39 is 41.4 Å². The molecule has 164 valence electrons. The van der Waals surface area contributed by atoms with Gasteiger partial charge in [0.1, 0.15) is 18.9 Å². The molecule has 1 atom stereocenters. The molecule has 0 radical (unpaired) electrons. The maximum atomic E-state index is 13.5. The molecule has 10 heteroatoms. The first-order chi connectivity index (χ1) is 14.4. The molecule has 0 saturated carbocycles. The lowest BCUT2D eigenvalue weighted by Gasteiger charge is -2.39. The molecule has 1 N–H and O–H groups in total. The number of rotatable bonds is 2. The highest BCUT2D eigenvalue weighted by Gasteiger charge is 2.39. The maximum Gasteiger partial charge on any atom is 0.417 e. The molecular weight excluding hydrogens is 426 g/mol. The maximum absolute atomic E-state index is 13.5. The summed E-state index contributed by atoms with van der Waals surface area (Å²) < 4.78 is 86.4. The Morgan fingerprint density at radius 3 is 2.48 bits per heavy atom. The van der Waals surface area contributed by atoms with Crippen LogP contribution in [0.25, 0.3) is 10.9 Å². The summed E-state index contributed by atoms with van der Waals surface area (Å²) >= 11 is 0. The first-order valence-electron chi connectivity index (χ1n) is 9.23. The molecule has 2 aromatic carbocycles. The minimum Gasteiger partial charge on any atom is -0.489 e. The van der Waals surface area contributed by atoms with E-state index in [2.05, 4.69) is 4.98 Å². The zero-order chi connectivity index (χ0) is 22.6. The largest absolute Gasteiger partial charge is 0.489 e. The van der Waals surface area contributed by atoms with Gasteiger partial charge in [0.15, 0.2) is 0 Å². The van der Waals surface area contributed by atoms with Crippen molar-refractivity contribution in [1.29, 1.82) is 0 Å². The molecular formula is C21H16F6N2O2. The molecule has 0 saturated heterocycles. The molecule has 31 heavy (non-hydrogen) atoms. The fourth-order valence-electron chi connectivity index (χ4n) is 3.82. The van der Waals surface area contributed by atoms with Crippen molar-refractivity contribution in [3.63, 3.8) is 0 Å². The van der Waals surface area contributed by atoms with Crippen molar-refractivity contribution in [2.24, 2.45) is 0 Å². The van der Waals surface area contributed by atoms with Crippen molar-refractivity contribution in [3.05, 3.63) is 69.5 Å². The van der Waals surface area contributed by atoms with Crippen LogP contribution in [-0.4, -0.2) is 24.3 Å². The number of halogens is 6. The number of H-pyrrole nitrogens is 1. The van der Waals surface area contributed by atoms with Crippen LogP contribution in [-0.2, 0) is 6.18 Å². The van der Waals surface area contributed by atoms with Crippen LogP contribution in [0.5, 0.6) is 5.75 Å². The Balaban J connectivity index is 1.93. The lowest BCUT2D eigenvalue weighted by molar-refractivity contribution is -0.136. The van der Waals surface area contributed by atoms with E-state index in [1.54, 1.807) is 31.2 Å². The Morgan fingerprint density at radius 1 is 1.10 bits per heavy atom. The number of pyridine rings is 1. The van der Waals surface area contributed by atoms with Crippen molar-refractivity contribution < 1.29 is 31.1 Å². The van der Waals surface area contributed by atoms with Crippen molar-refractivity contribution in [1.82, 2.24) is 4.98 Å². The summed E-state index contributed by atoms with van der Waals surface area (Å²) in [5.74, 6) is -0.0318. The number of aromatic nitrogens is 1. The molecule has 1 aromatic heterocycles. The first-order valence-corrected chi connectivity index (χ1v) is 9.23. The smallest absolute Gasteiger partial charge is 0.417 e. The molecule has 0 bridgehead atoms. The molecule has 0 fully saturated rings. The van der Waals surface area contributed by atoms with E-state index in [-0.39, 0.29) is 23.6 Å². The average molecular weight is 442 g/mol. The standard InChI is InChI=1S/C21H16F6N2O2/c1-11-3-2-4-12(5-11)17-9-31-18-8-15-13(6-16(18)29(17)10-20(22,23)24)14(21(25,26)27)7-19(30)28-15/h2-8,17H,9-10H2,1H3,(H,28,30)/t17-/m1/s1. The summed E-state index contributed by atoms with van der Waals surface area (Å²) in [6.07, 6.45) is -9.47. The Labute approximate surface area is 172 Å². The first kappa shape index (κ1) is 21.1. The second kappa shape index (κ2) is 7.21. The molecule has 0 spiro atoms. The fourth-order valence-corrected chi connectivity index (χ4v) is 3.82. The van der Waals surface area contributed by atoms with Crippen LogP contribution in [0.1, 0.15) is 22.7 Å². The third-order valence-corrected chi connectivity index (χ3v) is 5.09. The quantitative estimate of drug-likeness (QED) is 0.544. The summed E-state index contributed by atoms with van der Waals surface area (Å²) in [6.45, 7) is 0.272. The SMILES string of the molecule is Cc1cccc([C@H]2COc3cc4[nH]c(=O)cc(C(F)(F)F)c4cc3N2CC(F)(F)F)c1. The number of aryl methyl sites for hydroxylation is 1. The lowest BCUT2D eigenvalue weighted by Crippen LogP contribution is -2.42. The molecule has 4 rings (SSSR count). The van der Waals surface area contributed by atoms with Crippen LogP contribution >= 0.6 is 0 Å². The molecule has 2 heterocycles. The Hall–Kier alpha value is -3.17. The lowest BCUT2D eigenvalue weighted by atomic mass is 9.99. The number of anilines is 1. The van der Waals surface area contributed by atoms with Gasteiger partial charge in [-0.05, 0) is 18.6 Å². The van der Waals surface area contributed by atoms with Crippen LogP contribution in [0.2, 0.25) is 0 Å². The van der Waals surface area contributed by atoms with E-state index in [1.165, 1.54) is 0 Å². The molecule has 0 unspecified atom stereocenters. The highest BCUT2D eigenvalue weighted by Crippen LogP contribution is 2.44. The van der Waals surface area contributed by atoms with Crippen molar-refractivity contribution >= 4 is 16.6 Å². The van der Waals surface area contributed by atoms with Gasteiger partial charge in [-0.3, -0.25) is 4.79 Å². The number of aromatic amines is 1. The van der Waals surface area contributed by atoms with Gasteiger partial charge in [0.2, 0.25) is 5.56 Å². The predicted octanol–water partition coefficient (Wildman–Crippen LogP) is 5.36. The number of fused-ring (bicyclic) bond motifs is 2. The number of nitrogens with zero attached hydrogens (tertiary/aromatic N) is 1. The number of benzene rings is 2. The Bertz CT molecular complexity index is 1200. The number of alkyl halides is 6. The number of nitrogens with one attached hydrogen (secondary N) is 1. The normalized spacial score (nSPS) is 16.9. The number of ether oxygens (including phenoxy) is 1. The van der Waals surface area contributed by atoms with Crippen LogP contribution < -0.4 is 15.2 Å². The van der Waals surface area contributed by atoms with Crippen molar-refractivity contribution in [2.45, 2.75) is 25.3 Å². The van der Waals surface area contributed by atoms with Gasteiger partial charge in [0.05, 0.1) is 22.8 Å². The molecule has 3 aromatic rings. The Kier molecular flexibility index (Phi) is 4.90. The van der Waals surface area contributed by atoms with E-state index in [4.69, 9.17) is 4.74 Å². The highest BCUT2D eigenvalue weighted by atomic mass is 19.4. The molecule has 4 nitrogen and oxygen atoms in total. The van der Waals surface area contributed by atoms with Crippen molar-refractivity contribution in [3.8, 4) is 5.75 Å². The van der Waals surface area contributed by atoms with Crippen LogP contribution in [0.4, 0.5) is 32.0 Å². The Morgan fingerprint density at radius 2 is 1.84 bits per heavy atom. The van der Waals surface area contributed by atoms with E-state index in [0.717, 1.165) is 22.6 Å². The van der Waals surface area contributed by atoms with Gasteiger partial charge in [-0.1, -0.05) is 29.8 Å². The highest BCUT2D eigenvalue weighted by molar-refractivity contribution is 5.89. The van der Waals surface area contributed by atoms with Crippen LogP contribution in [0.15, 0.2) is 47.3 Å². The van der Waals surface area contributed by atoms with E-state index in [0.29, 0.717) is 11.6 Å². The summed E-state index contributed by atoms with van der Waals surface area (Å²) in [4.78, 5) is 15.0. The van der Waals surface area contributed by atoms with Crippen LogP contribution in [0, 0.1) is 6.92 Å². The van der Waals surface area contributed by atoms with E-state index in [1.807, 2.05) is 0 Å². The zero-order valence-electron chi connectivity index (χ0n) is 16.1. The number of hydrogen-bond acceptors (Lipinski definition) is 3. The summed E-state index contributed by atoms with van der Waals surface area (Å²) in [6, 6.07) is 8.51. The van der Waals surface area contributed by atoms with Gasteiger partial charge in [0.25, 0.3) is 0 Å². The van der Waals surface area contributed by atoms with Gasteiger partial charge in [-0.25, -0.2) is 0 Å². The van der Waals surface area contributed by atoms with Gasteiger partial charge in [-0.2, -0.15) is 26.3 Å². The monoisotopic (exact) mass is 442 g/mol. The third kappa shape index (κ3) is 4.19. The molecule has 1 aliphatic heterocycles. The summed E-state index contributed by atoms with van der Waals surface area (Å²) in [5.41, 5.74) is -1.11. The van der Waals surface area contributed by atoms with Crippen LogP contribution in [0.3, 0.4) is 0 Å². The van der Waals surface area contributed by atoms with Gasteiger partial charge in [0, 0.05) is 17.5 Å². The third-order valence-electron chi connectivity index (χ3n) is 5.09. The second-order valence-corrected chi connectivity index (χ2v) is 7.39. The van der Waals surface area contributed by atoms with Gasteiger partial charge >= 0.3 is 12.4 Å². The van der Waals surface area contributed by atoms with Crippen molar-refractivity contribution in [2.75, 3.05) is 18.1 Å².